The Morgan fingerprint density at radius 3 is 3.00 bits per heavy atom. The maximum atomic E-state index is 3.90. The fraction of sp³-hybridized carbons (Fsp3) is 0.200. The van der Waals surface area contributed by atoms with E-state index in [9.17, 15) is 0 Å². The summed E-state index contributed by atoms with van der Waals surface area (Å²) in [5.74, 6) is 0. The van der Waals surface area contributed by atoms with E-state index in [1.165, 1.54) is 16.8 Å². The monoisotopic (exact) mass is 145 g/mol. The average Bonchev–Trinajstić information content (AvgIpc) is 2.31. The lowest BCUT2D eigenvalue weighted by molar-refractivity contribution is 1.26. The number of rotatable bonds is 0. The van der Waals surface area contributed by atoms with Gasteiger partial charge in [0.15, 0.2) is 0 Å². The predicted molar refractivity (Wildman–Crippen MR) is 47.6 cm³/mol. The number of fused-ring (bicyclic) bond motifs is 1. The van der Waals surface area contributed by atoms with Gasteiger partial charge in [-0.15, -0.1) is 0 Å². The minimum absolute atomic E-state index is 0.983. The van der Waals surface area contributed by atoms with E-state index < -0.39 is 0 Å². The number of para-hydroxylation sites is 1. The zero-order chi connectivity index (χ0) is 7.84. The van der Waals surface area contributed by atoms with Crippen LogP contribution in [0.5, 0.6) is 0 Å². The average molecular weight is 145 g/mol. The molecule has 1 aliphatic rings. The molecule has 1 N–H and O–H groups in total. The minimum atomic E-state index is 0.983. The van der Waals surface area contributed by atoms with Crippen LogP contribution in [0.2, 0.25) is 0 Å². The van der Waals surface area contributed by atoms with Gasteiger partial charge in [-0.25, -0.2) is 0 Å². The molecular formula is C10H11N. The van der Waals surface area contributed by atoms with Gasteiger partial charge in [-0.05, 0) is 18.1 Å². The lowest BCUT2D eigenvalue weighted by atomic mass is 10.1. The number of nitrogens with one attached hydrogen (secondary N) is 1. The van der Waals surface area contributed by atoms with Gasteiger partial charge in [0.25, 0.3) is 0 Å². The van der Waals surface area contributed by atoms with Gasteiger partial charge in [-0.2, -0.15) is 0 Å². The zero-order valence-corrected chi connectivity index (χ0v) is 6.65. The highest BCUT2D eigenvalue weighted by molar-refractivity contribution is 5.65. The Kier molecular flexibility index (Phi) is 1.25. The van der Waals surface area contributed by atoms with Crippen molar-refractivity contribution in [3.05, 3.63) is 41.6 Å². The summed E-state index contributed by atoms with van der Waals surface area (Å²) in [7, 11) is 0. The van der Waals surface area contributed by atoms with Gasteiger partial charge in [-0.1, -0.05) is 24.8 Å². The number of benzene rings is 1. The van der Waals surface area contributed by atoms with Gasteiger partial charge in [0.05, 0.1) is 0 Å². The lowest BCUT2D eigenvalue weighted by Gasteiger charge is -2.01. The van der Waals surface area contributed by atoms with Crippen LogP contribution in [0.1, 0.15) is 11.1 Å². The molecule has 56 valence electrons. The standard InChI is InChI=1S/C10H11N/c1-7-4-3-5-9-6-8(2)11-10(7)9/h3-5,11H,2,6H2,1H3. The first-order valence-electron chi connectivity index (χ1n) is 3.80. The maximum Gasteiger partial charge on any atom is 0.0447 e. The van der Waals surface area contributed by atoms with Crippen molar-refractivity contribution in [2.24, 2.45) is 0 Å². The smallest absolute Gasteiger partial charge is 0.0447 e. The van der Waals surface area contributed by atoms with Gasteiger partial charge in [-0.3, -0.25) is 0 Å². The van der Waals surface area contributed by atoms with E-state index in [4.69, 9.17) is 0 Å². The number of aryl methyl sites for hydroxylation is 1. The summed E-state index contributed by atoms with van der Waals surface area (Å²) in [4.78, 5) is 0. The van der Waals surface area contributed by atoms with Crippen LogP contribution in [0.25, 0.3) is 0 Å². The van der Waals surface area contributed by atoms with E-state index in [-0.39, 0.29) is 0 Å². The molecule has 0 amide bonds. The molecule has 0 saturated carbocycles. The van der Waals surface area contributed by atoms with Crippen molar-refractivity contribution in [1.29, 1.82) is 0 Å². The van der Waals surface area contributed by atoms with Crippen LogP contribution in [0.15, 0.2) is 30.5 Å². The molecular weight excluding hydrogens is 134 g/mol. The molecule has 0 unspecified atom stereocenters. The summed E-state index contributed by atoms with van der Waals surface area (Å²) in [6.07, 6.45) is 0.983. The molecule has 1 aromatic carbocycles. The summed E-state index contributed by atoms with van der Waals surface area (Å²) in [6, 6.07) is 6.35. The van der Waals surface area contributed by atoms with Crippen LogP contribution in [-0.2, 0) is 6.42 Å². The molecule has 1 aliphatic heterocycles. The Morgan fingerprint density at radius 2 is 2.27 bits per heavy atom. The largest absolute Gasteiger partial charge is 0.359 e. The highest BCUT2D eigenvalue weighted by atomic mass is 14.9. The molecule has 2 rings (SSSR count). The summed E-state index contributed by atoms with van der Waals surface area (Å²) < 4.78 is 0. The van der Waals surface area contributed by atoms with Crippen molar-refractivity contribution in [2.75, 3.05) is 5.32 Å². The first kappa shape index (κ1) is 6.47. The molecule has 0 fully saturated rings. The number of anilines is 1. The highest BCUT2D eigenvalue weighted by Gasteiger charge is 2.13. The molecule has 0 aromatic heterocycles. The summed E-state index contributed by atoms with van der Waals surface area (Å²) in [6.45, 7) is 6.01. The topological polar surface area (TPSA) is 12.0 Å². The third-order valence-corrected chi connectivity index (χ3v) is 2.06. The fourth-order valence-electron chi connectivity index (χ4n) is 1.51. The third kappa shape index (κ3) is 0.929. The number of hydrogen-bond acceptors (Lipinski definition) is 1. The normalized spacial score (nSPS) is 14.5. The second-order valence-corrected chi connectivity index (χ2v) is 3.01. The molecule has 1 nitrogen and oxygen atoms in total. The molecule has 0 saturated heterocycles. The van der Waals surface area contributed by atoms with Crippen molar-refractivity contribution in [1.82, 2.24) is 0 Å². The van der Waals surface area contributed by atoms with Gasteiger partial charge < -0.3 is 5.32 Å². The van der Waals surface area contributed by atoms with E-state index in [1.54, 1.807) is 0 Å². The maximum absolute atomic E-state index is 3.90. The quantitative estimate of drug-likeness (QED) is 0.591. The predicted octanol–water partition coefficient (Wildman–Crippen LogP) is 2.48. The first-order valence-corrected chi connectivity index (χ1v) is 3.80. The molecule has 0 aliphatic carbocycles. The second-order valence-electron chi connectivity index (χ2n) is 3.01. The van der Waals surface area contributed by atoms with Gasteiger partial charge in [0.1, 0.15) is 0 Å². The van der Waals surface area contributed by atoms with E-state index in [0.29, 0.717) is 0 Å². The second kappa shape index (κ2) is 2.12. The number of allylic oxidation sites excluding steroid dienone is 1. The van der Waals surface area contributed by atoms with Crippen LogP contribution in [0.4, 0.5) is 5.69 Å². The lowest BCUT2D eigenvalue weighted by Crippen LogP contribution is -1.89. The van der Waals surface area contributed by atoms with Crippen molar-refractivity contribution in [3.8, 4) is 0 Å². The Balaban J connectivity index is 2.57. The molecule has 0 spiro atoms. The Hall–Kier alpha value is -1.24. The van der Waals surface area contributed by atoms with E-state index in [2.05, 4.69) is 37.0 Å². The summed E-state index contributed by atoms with van der Waals surface area (Å²) >= 11 is 0. The van der Waals surface area contributed by atoms with Crippen LogP contribution in [-0.4, -0.2) is 0 Å². The SMILES string of the molecule is C=C1Cc2cccc(C)c2N1. The Bertz CT molecular complexity index is 313. The molecule has 0 bridgehead atoms. The van der Waals surface area contributed by atoms with Crippen LogP contribution in [0, 0.1) is 6.92 Å². The molecule has 0 radical (unpaired) electrons. The zero-order valence-electron chi connectivity index (χ0n) is 6.65. The van der Waals surface area contributed by atoms with Crippen LogP contribution < -0.4 is 5.32 Å². The third-order valence-electron chi connectivity index (χ3n) is 2.06. The van der Waals surface area contributed by atoms with E-state index in [0.717, 1.165) is 12.1 Å². The molecule has 0 atom stereocenters. The summed E-state index contributed by atoms with van der Waals surface area (Å²) in [5.41, 5.74) is 5.04. The van der Waals surface area contributed by atoms with Gasteiger partial charge >= 0.3 is 0 Å². The van der Waals surface area contributed by atoms with Crippen molar-refractivity contribution < 1.29 is 0 Å². The van der Waals surface area contributed by atoms with Crippen LogP contribution >= 0.6 is 0 Å². The molecule has 1 heteroatoms. The fourth-order valence-corrected chi connectivity index (χ4v) is 1.51. The van der Waals surface area contributed by atoms with Crippen LogP contribution in [0.3, 0.4) is 0 Å². The van der Waals surface area contributed by atoms with Crippen molar-refractivity contribution in [2.45, 2.75) is 13.3 Å². The molecule has 1 heterocycles. The van der Waals surface area contributed by atoms with E-state index >= 15 is 0 Å². The van der Waals surface area contributed by atoms with Crippen molar-refractivity contribution in [3.63, 3.8) is 0 Å². The summed E-state index contributed by atoms with van der Waals surface area (Å²) in [5, 5.41) is 3.27. The van der Waals surface area contributed by atoms with Crippen molar-refractivity contribution >= 4 is 5.69 Å². The number of hydrogen-bond donors (Lipinski definition) is 1. The Labute approximate surface area is 66.7 Å². The first-order chi connectivity index (χ1) is 5.27. The Morgan fingerprint density at radius 1 is 1.45 bits per heavy atom. The van der Waals surface area contributed by atoms with E-state index in [1.807, 2.05) is 0 Å². The van der Waals surface area contributed by atoms with Gasteiger partial charge in [0, 0.05) is 17.8 Å². The molecule has 1 aromatic rings. The highest BCUT2D eigenvalue weighted by Crippen LogP contribution is 2.29. The molecule has 11 heavy (non-hydrogen) atoms. The minimum Gasteiger partial charge on any atom is -0.359 e. The van der Waals surface area contributed by atoms with Gasteiger partial charge in [0.2, 0.25) is 0 Å².